The molecule has 1 fully saturated rings. The lowest BCUT2D eigenvalue weighted by molar-refractivity contribution is 0.00578. The zero-order valence-electron chi connectivity index (χ0n) is 17.0. The van der Waals surface area contributed by atoms with Crippen LogP contribution in [0.4, 0.5) is 0 Å². The molecule has 1 aliphatic heterocycles. The number of hydrogen-bond donors (Lipinski definition) is 1. The molecule has 2 aromatic heterocycles. The normalized spacial score (nSPS) is 18.0. The zero-order chi connectivity index (χ0) is 20.4. The van der Waals surface area contributed by atoms with Gasteiger partial charge in [-0.15, -0.1) is 0 Å². The van der Waals surface area contributed by atoms with Gasteiger partial charge in [0.25, 0.3) is 5.56 Å². The van der Waals surface area contributed by atoms with Crippen molar-refractivity contribution in [1.29, 1.82) is 0 Å². The molecule has 3 heterocycles. The van der Waals surface area contributed by atoms with Gasteiger partial charge in [0.15, 0.2) is 0 Å². The van der Waals surface area contributed by atoms with E-state index in [4.69, 9.17) is 9.31 Å². The van der Waals surface area contributed by atoms with Crippen molar-refractivity contribution in [3.63, 3.8) is 0 Å². The Morgan fingerprint density at radius 2 is 1.66 bits per heavy atom. The average molecular weight is 386 g/mol. The Morgan fingerprint density at radius 1 is 0.897 bits per heavy atom. The Bertz CT molecular complexity index is 1290. The van der Waals surface area contributed by atoms with Crippen molar-refractivity contribution in [3.05, 3.63) is 71.3 Å². The van der Waals surface area contributed by atoms with Gasteiger partial charge in [0.1, 0.15) is 0 Å². The number of nitrogens with zero attached hydrogens (tertiary/aromatic N) is 1. The van der Waals surface area contributed by atoms with Crippen LogP contribution in [-0.4, -0.2) is 27.9 Å². The van der Waals surface area contributed by atoms with Crippen LogP contribution in [0.1, 0.15) is 27.7 Å². The smallest absolute Gasteiger partial charge is 0.399 e. The lowest BCUT2D eigenvalue weighted by atomic mass is 9.78. The monoisotopic (exact) mass is 386 g/mol. The molecule has 5 rings (SSSR count). The van der Waals surface area contributed by atoms with Gasteiger partial charge in [-0.05, 0) is 74.9 Å². The molecule has 4 aromatic rings. The minimum Gasteiger partial charge on any atom is -0.399 e. The van der Waals surface area contributed by atoms with Gasteiger partial charge in [-0.2, -0.15) is 0 Å². The largest absolute Gasteiger partial charge is 0.494 e. The fourth-order valence-electron chi connectivity index (χ4n) is 3.78. The van der Waals surface area contributed by atoms with Crippen molar-refractivity contribution < 1.29 is 9.31 Å². The first-order valence-corrected chi connectivity index (χ1v) is 9.84. The van der Waals surface area contributed by atoms with Gasteiger partial charge < -0.3 is 14.3 Å². The van der Waals surface area contributed by atoms with E-state index in [2.05, 4.69) is 4.98 Å². The molecule has 1 N–H and O–H groups in total. The average Bonchev–Trinajstić information content (AvgIpc) is 3.23. The highest BCUT2D eigenvalue weighted by Gasteiger charge is 2.51. The number of H-pyrrole nitrogens is 1. The maximum absolute atomic E-state index is 13.3. The van der Waals surface area contributed by atoms with Crippen LogP contribution in [0.15, 0.2) is 65.7 Å². The summed E-state index contributed by atoms with van der Waals surface area (Å²) >= 11 is 0. The summed E-state index contributed by atoms with van der Waals surface area (Å²) < 4.78 is 14.0. The molecular formula is C23H23BN2O3. The topological polar surface area (TPSA) is 56.2 Å². The van der Waals surface area contributed by atoms with Crippen molar-refractivity contribution in [2.24, 2.45) is 0 Å². The summed E-state index contributed by atoms with van der Waals surface area (Å²) in [5, 5.41) is 2.61. The first kappa shape index (κ1) is 18.2. The van der Waals surface area contributed by atoms with Crippen LogP contribution in [-0.2, 0) is 9.31 Å². The van der Waals surface area contributed by atoms with Crippen LogP contribution >= 0.6 is 0 Å². The quantitative estimate of drug-likeness (QED) is 0.534. The Hall–Kier alpha value is -2.83. The Morgan fingerprint density at radius 3 is 2.41 bits per heavy atom. The number of aromatic nitrogens is 2. The fraction of sp³-hybridized carbons (Fsp3) is 0.261. The predicted octanol–water partition coefficient (Wildman–Crippen LogP) is 3.77. The van der Waals surface area contributed by atoms with Gasteiger partial charge in [-0.3, -0.25) is 9.36 Å². The molecule has 146 valence electrons. The molecule has 0 spiro atoms. The Balaban J connectivity index is 1.61. The standard InChI is InChI=1S/C23H23BN2O3/c1-22(2)23(3,4)29-24(28-22)17-6-5-15-10-12-26(21(27)19(15)14-17)18-7-8-20-16(13-18)9-11-25-20/h5-14,25H,1-4H3. The minimum atomic E-state index is -0.492. The van der Waals surface area contributed by atoms with Crippen molar-refractivity contribution in [3.8, 4) is 5.69 Å². The molecular weight excluding hydrogens is 363 g/mol. The lowest BCUT2D eigenvalue weighted by Gasteiger charge is -2.32. The summed E-state index contributed by atoms with van der Waals surface area (Å²) in [6, 6.07) is 15.7. The van der Waals surface area contributed by atoms with E-state index in [1.807, 2.05) is 88.6 Å². The second kappa shape index (κ2) is 6.08. The van der Waals surface area contributed by atoms with Crippen LogP contribution < -0.4 is 11.0 Å². The van der Waals surface area contributed by atoms with Crippen LogP contribution in [0, 0.1) is 0 Å². The Labute approximate surface area is 169 Å². The summed E-state index contributed by atoms with van der Waals surface area (Å²) in [6.07, 6.45) is 3.72. The molecule has 2 aromatic carbocycles. The molecule has 0 radical (unpaired) electrons. The third-order valence-electron chi connectivity index (χ3n) is 6.27. The van der Waals surface area contributed by atoms with E-state index < -0.39 is 18.3 Å². The molecule has 6 heteroatoms. The van der Waals surface area contributed by atoms with Gasteiger partial charge >= 0.3 is 7.12 Å². The summed E-state index contributed by atoms with van der Waals surface area (Å²) in [6.45, 7) is 8.10. The van der Waals surface area contributed by atoms with E-state index in [1.54, 1.807) is 4.57 Å². The molecule has 0 aliphatic carbocycles. The van der Waals surface area contributed by atoms with E-state index in [1.165, 1.54) is 0 Å². The number of nitrogens with one attached hydrogen (secondary N) is 1. The molecule has 0 unspecified atom stereocenters. The number of aromatic amines is 1. The summed E-state index contributed by atoms with van der Waals surface area (Å²) in [4.78, 5) is 16.5. The van der Waals surface area contributed by atoms with Crippen molar-refractivity contribution >= 4 is 34.3 Å². The molecule has 1 saturated heterocycles. The minimum absolute atomic E-state index is 0.0595. The number of hydrogen-bond acceptors (Lipinski definition) is 3. The molecule has 29 heavy (non-hydrogen) atoms. The van der Waals surface area contributed by atoms with E-state index >= 15 is 0 Å². The predicted molar refractivity (Wildman–Crippen MR) is 117 cm³/mol. The van der Waals surface area contributed by atoms with Crippen LogP contribution in [0.2, 0.25) is 0 Å². The Kier molecular flexibility index (Phi) is 3.82. The van der Waals surface area contributed by atoms with Crippen LogP contribution in [0.3, 0.4) is 0 Å². The van der Waals surface area contributed by atoms with E-state index in [9.17, 15) is 4.79 Å². The first-order chi connectivity index (χ1) is 13.7. The summed E-state index contributed by atoms with van der Waals surface area (Å²) in [5.41, 5.74) is 1.84. The van der Waals surface area contributed by atoms with Gasteiger partial charge in [-0.1, -0.05) is 12.1 Å². The van der Waals surface area contributed by atoms with Crippen LogP contribution in [0.25, 0.3) is 27.4 Å². The third kappa shape index (κ3) is 2.83. The summed E-state index contributed by atoms with van der Waals surface area (Å²) in [7, 11) is -0.492. The van der Waals surface area contributed by atoms with Gasteiger partial charge in [0.2, 0.25) is 0 Å². The molecule has 0 atom stereocenters. The molecule has 1 aliphatic rings. The third-order valence-corrected chi connectivity index (χ3v) is 6.27. The maximum Gasteiger partial charge on any atom is 0.494 e. The maximum atomic E-state index is 13.3. The van der Waals surface area contributed by atoms with E-state index in [0.717, 1.165) is 27.4 Å². The SMILES string of the molecule is CC1(C)OB(c2ccc3ccn(-c4ccc5[nH]ccc5c4)c(=O)c3c2)OC1(C)C. The van der Waals surface area contributed by atoms with Crippen molar-refractivity contribution in [2.45, 2.75) is 38.9 Å². The van der Waals surface area contributed by atoms with Crippen molar-refractivity contribution in [2.75, 3.05) is 0 Å². The van der Waals surface area contributed by atoms with Gasteiger partial charge in [0, 0.05) is 34.4 Å². The number of benzene rings is 2. The summed E-state index contributed by atoms with van der Waals surface area (Å²) in [5.74, 6) is 0. The highest BCUT2D eigenvalue weighted by molar-refractivity contribution is 6.62. The van der Waals surface area contributed by atoms with Crippen LogP contribution in [0.5, 0.6) is 0 Å². The first-order valence-electron chi connectivity index (χ1n) is 9.84. The fourth-order valence-corrected chi connectivity index (χ4v) is 3.78. The van der Waals surface area contributed by atoms with Gasteiger partial charge in [-0.25, -0.2) is 0 Å². The number of pyridine rings is 1. The zero-order valence-corrected chi connectivity index (χ0v) is 17.0. The second-order valence-corrected chi connectivity index (χ2v) is 8.68. The highest BCUT2D eigenvalue weighted by atomic mass is 16.7. The van der Waals surface area contributed by atoms with Gasteiger partial charge in [0.05, 0.1) is 11.2 Å². The molecule has 0 saturated carbocycles. The highest BCUT2D eigenvalue weighted by Crippen LogP contribution is 2.36. The molecule has 0 bridgehead atoms. The van der Waals surface area contributed by atoms with Crippen molar-refractivity contribution in [1.82, 2.24) is 9.55 Å². The second-order valence-electron chi connectivity index (χ2n) is 8.68. The number of fused-ring (bicyclic) bond motifs is 2. The number of rotatable bonds is 2. The molecule has 0 amide bonds. The molecule has 5 nitrogen and oxygen atoms in total. The lowest BCUT2D eigenvalue weighted by Crippen LogP contribution is -2.41. The van der Waals surface area contributed by atoms with E-state index in [-0.39, 0.29) is 5.56 Å². The van der Waals surface area contributed by atoms with E-state index in [0.29, 0.717) is 5.39 Å².